The van der Waals surface area contributed by atoms with Gasteiger partial charge in [-0.15, -0.1) is 0 Å². The zero-order chi connectivity index (χ0) is 16.0. The van der Waals surface area contributed by atoms with E-state index in [1.165, 1.54) is 12.1 Å². The minimum atomic E-state index is -1.10. The first-order valence-electron chi connectivity index (χ1n) is 6.35. The Morgan fingerprint density at radius 1 is 1.33 bits per heavy atom. The van der Waals surface area contributed by atoms with Gasteiger partial charge >= 0.3 is 12.0 Å². The van der Waals surface area contributed by atoms with Crippen molar-refractivity contribution in [3.05, 3.63) is 23.9 Å². The van der Waals surface area contributed by atoms with Gasteiger partial charge in [0.15, 0.2) is 0 Å². The molecule has 0 aliphatic carbocycles. The Labute approximate surface area is 121 Å². The van der Waals surface area contributed by atoms with Gasteiger partial charge in [-0.3, -0.25) is 4.79 Å². The van der Waals surface area contributed by atoms with Crippen LogP contribution in [0.15, 0.2) is 18.3 Å². The number of amides is 3. The Morgan fingerprint density at radius 3 is 2.43 bits per heavy atom. The first-order valence-corrected chi connectivity index (χ1v) is 6.35. The first kappa shape index (κ1) is 16.4. The molecule has 0 saturated carbocycles. The summed E-state index contributed by atoms with van der Waals surface area (Å²) in [5, 5.41) is 13.6. The fourth-order valence-electron chi connectivity index (χ4n) is 1.68. The summed E-state index contributed by atoms with van der Waals surface area (Å²) in [5.41, 5.74) is 5.06. The summed E-state index contributed by atoms with van der Waals surface area (Å²) < 4.78 is 0. The minimum Gasteiger partial charge on any atom is -0.478 e. The van der Waals surface area contributed by atoms with Crippen molar-refractivity contribution in [2.75, 3.05) is 5.32 Å². The van der Waals surface area contributed by atoms with Crippen molar-refractivity contribution in [3.8, 4) is 0 Å². The molecule has 1 unspecified atom stereocenters. The van der Waals surface area contributed by atoms with Crippen LogP contribution in [-0.4, -0.2) is 34.0 Å². The van der Waals surface area contributed by atoms with Crippen LogP contribution in [0.25, 0.3) is 0 Å². The summed E-state index contributed by atoms with van der Waals surface area (Å²) in [6.45, 7) is 3.81. The summed E-state index contributed by atoms with van der Waals surface area (Å²) in [4.78, 5) is 37.5. The van der Waals surface area contributed by atoms with Gasteiger partial charge < -0.3 is 21.5 Å². The van der Waals surface area contributed by atoms with Crippen molar-refractivity contribution in [2.45, 2.75) is 26.3 Å². The van der Waals surface area contributed by atoms with E-state index < -0.39 is 23.9 Å². The van der Waals surface area contributed by atoms with Crippen LogP contribution in [0.2, 0.25) is 0 Å². The van der Waals surface area contributed by atoms with Gasteiger partial charge in [-0.2, -0.15) is 0 Å². The summed E-state index contributed by atoms with van der Waals surface area (Å²) >= 11 is 0. The molecule has 1 atom stereocenters. The molecule has 0 saturated heterocycles. The second-order valence-electron chi connectivity index (χ2n) is 4.92. The van der Waals surface area contributed by atoms with E-state index in [9.17, 15) is 14.4 Å². The molecule has 114 valence electrons. The Hall–Kier alpha value is -2.64. The number of hydrogen-bond donors (Lipinski definition) is 4. The summed E-state index contributed by atoms with van der Waals surface area (Å²) in [5.74, 6) is -1.19. The predicted octanol–water partition coefficient (Wildman–Crippen LogP) is 0.801. The van der Waals surface area contributed by atoms with E-state index >= 15 is 0 Å². The number of nitrogens with zero attached hydrogens (tertiary/aromatic N) is 1. The third kappa shape index (κ3) is 5.47. The SMILES string of the molecule is CC(C)CC(NC(N)=O)C(=O)Nc1ccc(C(=O)O)cn1. The molecule has 1 aromatic rings. The highest BCUT2D eigenvalue weighted by Gasteiger charge is 2.21. The number of carboxylic acids is 1. The van der Waals surface area contributed by atoms with Crippen molar-refractivity contribution >= 4 is 23.7 Å². The van der Waals surface area contributed by atoms with Gasteiger partial charge in [0.05, 0.1) is 5.56 Å². The number of urea groups is 1. The van der Waals surface area contributed by atoms with Crippen molar-refractivity contribution in [3.63, 3.8) is 0 Å². The maximum absolute atomic E-state index is 12.1. The maximum Gasteiger partial charge on any atom is 0.337 e. The molecule has 1 aromatic heterocycles. The molecule has 21 heavy (non-hydrogen) atoms. The maximum atomic E-state index is 12.1. The molecule has 0 spiro atoms. The third-order valence-electron chi connectivity index (χ3n) is 2.60. The Bertz CT molecular complexity index is 527. The number of aromatic nitrogens is 1. The number of pyridine rings is 1. The van der Waals surface area contributed by atoms with Crippen LogP contribution in [-0.2, 0) is 4.79 Å². The van der Waals surface area contributed by atoms with Crippen LogP contribution >= 0.6 is 0 Å². The monoisotopic (exact) mass is 294 g/mol. The molecule has 1 heterocycles. The Morgan fingerprint density at radius 2 is 2.00 bits per heavy atom. The second kappa shape index (κ2) is 7.22. The summed E-state index contributed by atoms with van der Waals surface area (Å²) in [6.07, 6.45) is 1.55. The number of anilines is 1. The highest BCUT2D eigenvalue weighted by molar-refractivity contribution is 5.96. The van der Waals surface area contributed by atoms with Gasteiger partial charge in [-0.25, -0.2) is 14.6 Å². The second-order valence-corrected chi connectivity index (χ2v) is 4.92. The van der Waals surface area contributed by atoms with Crippen molar-refractivity contribution in [2.24, 2.45) is 11.7 Å². The number of nitrogens with one attached hydrogen (secondary N) is 2. The molecule has 3 amide bonds. The number of aromatic carboxylic acids is 1. The average Bonchev–Trinajstić information content (AvgIpc) is 2.37. The van der Waals surface area contributed by atoms with Crippen LogP contribution in [0.1, 0.15) is 30.6 Å². The fourth-order valence-corrected chi connectivity index (χ4v) is 1.68. The molecule has 0 aliphatic heterocycles. The van der Waals surface area contributed by atoms with Crippen LogP contribution in [0.4, 0.5) is 10.6 Å². The lowest BCUT2D eigenvalue weighted by molar-refractivity contribution is -0.118. The lowest BCUT2D eigenvalue weighted by atomic mass is 10.0. The first-order chi connectivity index (χ1) is 9.79. The standard InChI is InChI=1S/C13H18N4O4/c1-7(2)5-9(16-13(14)21)11(18)17-10-4-3-8(6-15-10)12(19)20/h3-4,6-7,9H,5H2,1-2H3,(H,19,20)(H3,14,16,21)(H,15,17,18). The van der Waals surface area contributed by atoms with Crippen molar-refractivity contribution in [1.82, 2.24) is 10.3 Å². The van der Waals surface area contributed by atoms with Crippen molar-refractivity contribution < 1.29 is 19.5 Å². The Kier molecular flexibility index (Phi) is 5.65. The number of primary amides is 1. The molecule has 0 radical (unpaired) electrons. The smallest absolute Gasteiger partial charge is 0.337 e. The van der Waals surface area contributed by atoms with E-state index in [1.807, 2.05) is 13.8 Å². The quantitative estimate of drug-likeness (QED) is 0.615. The number of rotatable bonds is 6. The van der Waals surface area contributed by atoms with E-state index in [1.54, 1.807) is 0 Å². The molecule has 8 nitrogen and oxygen atoms in total. The van der Waals surface area contributed by atoms with Gasteiger partial charge in [0, 0.05) is 6.20 Å². The van der Waals surface area contributed by atoms with Gasteiger partial charge in [-0.1, -0.05) is 13.8 Å². The number of hydrogen-bond acceptors (Lipinski definition) is 4. The van der Waals surface area contributed by atoms with Crippen LogP contribution in [0, 0.1) is 5.92 Å². The summed E-state index contributed by atoms with van der Waals surface area (Å²) in [7, 11) is 0. The van der Waals surface area contributed by atoms with E-state index in [4.69, 9.17) is 10.8 Å². The molecule has 8 heteroatoms. The van der Waals surface area contributed by atoms with E-state index in [-0.39, 0.29) is 17.3 Å². The zero-order valence-electron chi connectivity index (χ0n) is 11.8. The zero-order valence-corrected chi connectivity index (χ0v) is 11.8. The molecular weight excluding hydrogens is 276 g/mol. The predicted molar refractivity (Wildman–Crippen MR) is 75.8 cm³/mol. The van der Waals surface area contributed by atoms with Gasteiger partial charge in [0.1, 0.15) is 11.9 Å². The largest absolute Gasteiger partial charge is 0.478 e. The van der Waals surface area contributed by atoms with E-state index in [0.717, 1.165) is 6.20 Å². The van der Waals surface area contributed by atoms with E-state index in [0.29, 0.717) is 6.42 Å². The third-order valence-corrected chi connectivity index (χ3v) is 2.60. The lowest BCUT2D eigenvalue weighted by Crippen LogP contribution is -2.46. The lowest BCUT2D eigenvalue weighted by Gasteiger charge is -2.18. The number of nitrogens with two attached hydrogens (primary N) is 1. The summed E-state index contributed by atoms with van der Waals surface area (Å²) in [6, 6.07) is 1.13. The number of carbonyl (C=O) groups excluding carboxylic acids is 2. The highest BCUT2D eigenvalue weighted by atomic mass is 16.4. The van der Waals surface area contributed by atoms with Crippen LogP contribution in [0.3, 0.4) is 0 Å². The minimum absolute atomic E-state index is 0.0157. The van der Waals surface area contributed by atoms with Crippen molar-refractivity contribution in [1.29, 1.82) is 0 Å². The number of carboxylic acid groups (broad SMARTS) is 1. The molecule has 5 N–H and O–H groups in total. The van der Waals surface area contributed by atoms with Crippen LogP contribution < -0.4 is 16.4 Å². The molecular formula is C13H18N4O4. The topological polar surface area (TPSA) is 134 Å². The molecule has 0 fully saturated rings. The molecule has 1 rings (SSSR count). The van der Waals surface area contributed by atoms with E-state index in [2.05, 4.69) is 15.6 Å². The molecule has 0 aliphatic rings. The number of carbonyl (C=O) groups is 3. The van der Waals surface area contributed by atoms with Gasteiger partial charge in [0.25, 0.3) is 0 Å². The molecule has 0 bridgehead atoms. The average molecular weight is 294 g/mol. The highest BCUT2D eigenvalue weighted by Crippen LogP contribution is 2.09. The van der Waals surface area contributed by atoms with Gasteiger partial charge in [-0.05, 0) is 24.5 Å². The fraction of sp³-hybridized carbons (Fsp3) is 0.385. The van der Waals surface area contributed by atoms with Crippen LogP contribution in [0.5, 0.6) is 0 Å². The van der Waals surface area contributed by atoms with Gasteiger partial charge in [0.2, 0.25) is 5.91 Å². The normalized spacial score (nSPS) is 11.8. The molecule has 0 aromatic carbocycles. The Balaban J connectivity index is 2.75.